The molecule has 0 radical (unpaired) electrons. The molecule has 0 aliphatic carbocycles. The maximum absolute atomic E-state index is 11.9. The second-order valence-electron chi connectivity index (χ2n) is 3.91. The molecule has 2 nitrogen and oxygen atoms in total. The molecule has 0 fully saturated rings. The van der Waals surface area contributed by atoms with Crippen molar-refractivity contribution in [2.24, 2.45) is 0 Å². The highest BCUT2D eigenvalue weighted by molar-refractivity contribution is 9.10. The van der Waals surface area contributed by atoms with Crippen LogP contribution in [0.1, 0.15) is 21.4 Å². The van der Waals surface area contributed by atoms with Gasteiger partial charge in [0.1, 0.15) is 0 Å². The number of cyclic esters (lactones) is 1. The predicted octanol–water partition coefficient (Wildman–Crippen LogP) is 4.41. The first-order valence-corrected chi connectivity index (χ1v) is 7.13. The number of ether oxygens (including phenoxy) is 1. The molecule has 0 spiro atoms. The largest absolute Gasteiger partial charge is 0.442 e. The number of esters is 1. The van der Waals surface area contributed by atoms with Crippen LogP contribution in [0.15, 0.2) is 57.9 Å². The number of fused-ring (bicyclic) bond motifs is 1. The summed E-state index contributed by atoms with van der Waals surface area (Å²) in [7, 11) is 0. The lowest BCUT2D eigenvalue weighted by molar-refractivity contribution is 0.0440. The molecule has 18 heavy (non-hydrogen) atoms. The lowest BCUT2D eigenvalue weighted by atomic mass is 10.2. The molecule has 4 heteroatoms. The van der Waals surface area contributed by atoms with Crippen molar-refractivity contribution in [3.05, 3.63) is 64.1 Å². The highest BCUT2D eigenvalue weighted by atomic mass is 79.9. The molecule has 0 amide bonds. The number of halogens is 1. The van der Waals surface area contributed by atoms with E-state index in [1.54, 1.807) is 17.8 Å². The molecule has 1 aliphatic rings. The van der Waals surface area contributed by atoms with Crippen molar-refractivity contribution < 1.29 is 9.53 Å². The van der Waals surface area contributed by atoms with Crippen molar-refractivity contribution in [1.82, 2.24) is 0 Å². The van der Waals surface area contributed by atoms with E-state index >= 15 is 0 Å². The average Bonchev–Trinajstić information content (AvgIpc) is 2.39. The highest BCUT2D eigenvalue weighted by Crippen LogP contribution is 2.42. The first-order chi connectivity index (χ1) is 8.74. The van der Waals surface area contributed by atoms with Crippen LogP contribution < -0.4 is 0 Å². The lowest BCUT2D eigenvalue weighted by Crippen LogP contribution is -2.15. The average molecular weight is 321 g/mol. The third-order valence-electron chi connectivity index (χ3n) is 2.68. The van der Waals surface area contributed by atoms with Gasteiger partial charge in [0.25, 0.3) is 0 Å². The highest BCUT2D eigenvalue weighted by Gasteiger charge is 2.27. The minimum absolute atomic E-state index is 0.255. The van der Waals surface area contributed by atoms with Crippen molar-refractivity contribution in [2.75, 3.05) is 0 Å². The smallest absolute Gasteiger partial charge is 0.340 e. The van der Waals surface area contributed by atoms with E-state index in [0.717, 1.165) is 14.9 Å². The van der Waals surface area contributed by atoms with E-state index < -0.39 is 0 Å². The molecule has 1 aliphatic heterocycles. The molecule has 0 saturated carbocycles. The standard InChI is InChI=1S/C14H9BrO2S/c15-10-5-3-4-9(8-10)14-17-13(16)11-6-1-2-7-12(11)18-14/h1-8,14H. The summed E-state index contributed by atoms with van der Waals surface area (Å²) in [5, 5.41) is 0. The van der Waals surface area contributed by atoms with E-state index in [4.69, 9.17) is 4.74 Å². The molecule has 90 valence electrons. The van der Waals surface area contributed by atoms with Crippen LogP contribution in [0.3, 0.4) is 0 Å². The second-order valence-corrected chi connectivity index (χ2v) is 5.93. The van der Waals surface area contributed by atoms with Gasteiger partial charge in [0.05, 0.1) is 5.56 Å². The van der Waals surface area contributed by atoms with Crippen LogP contribution >= 0.6 is 27.7 Å². The van der Waals surface area contributed by atoms with Crippen LogP contribution in [-0.2, 0) is 4.74 Å². The molecule has 2 aromatic carbocycles. The molecule has 1 unspecified atom stereocenters. The summed E-state index contributed by atoms with van der Waals surface area (Å²) in [6, 6.07) is 15.3. The Labute approximate surface area is 117 Å². The van der Waals surface area contributed by atoms with Crippen molar-refractivity contribution in [1.29, 1.82) is 0 Å². The quantitative estimate of drug-likeness (QED) is 0.728. The van der Waals surface area contributed by atoms with Gasteiger partial charge in [0, 0.05) is 14.9 Å². The predicted molar refractivity (Wildman–Crippen MR) is 74.6 cm³/mol. The fourth-order valence-electron chi connectivity index (χ4n) is 1.83. The summed E-state index contributed by atoms with van der Waals surface area (Å²) < 4.78 is 6.44. The van der Waals surface area contributed by atoms with Gasteiger partial charge in [-0.15, -0.1) is 0 Å². The number of hydrogen-bond acceptors (Lipinski definition) is 3. The van der Waals surface area contributed by atoms with E-state index in [-0.39, 0.29) is 11.4 Å². The Kier molecular flexibility index (Phi) is 3.14. The number of thioether (sulfide) groups is 1. The minimum atomic E-state index is -0.273. The monoisotopic (exact) mass is 320 g/mol. The normalized spacial score (nSPS) is 18.1. The fraction of sp³-hybridized carbons (Fsp3) is 0.0714. The summed E-state index contributed by atoms with van der Waals surface area (Å²) in [6.07, 6.45) is 0. The fourth-order valence-corrected chi connectivity index (χ4v) is 3.33. The Hall–Kier alpha value is -1.26. The van der Waals surface area contributed by atoms with E-state index in [1.807, 2.05) is 42.5 Å². The molecule has 0 bridgehead atoms. The van der Waals surface area contributed by atoms with E-state index in [9.17, 15) is 4.79 Å². The van der Waals surface area contributed by atoms with Gasteiger partial charge in [-0.3, -0.25) is 0 Å². The zero-order valence-electron chi connectivity index (χ0n) is 9.30. The maximum atomic E-state index is 11.9. The second kappa shape index (κ2) is 4.78. The summed E-state index contributed by atoms with van der Waals surface area (Å²) in [6.45, 7) is 0. The molecular weight excluding hydrogens is 312 g/mol. The van der Waals surface area contributed by atoms with Crippen LogP contribution in [0.2, 0.25) is 0 Å². The zero-order chi connectivity index (χ0) is 12.5. The number of carbonyl (C=O) groups excluding carboxylic acids is 1. The number of hydrogen-bond donors (Lipinski definition) is 0. The Morgan fingerprint density at radius 3 is 2.78 bits per heavy atom. The molecule has 0 saturated heterocycles. The Morgan fingerprint density at radius 1 is 1.11 bits per heavy atom. The van der Waals surface area contributed by atoms with Gasteiger partial charge < -0.3 is 4.74 Å². The van der Waals surface area contributed by atoms with E-state index in [0.29, 0.717) is 5.56 Å². The molecule has 1 atom stereocenters. The lowest BCUT2D eigenvalue weighted by Gasteiger charge is -2.24. The molecule has 1 heterocycles. The van der Waals surface area contributed by atoms with Gasteiger partial charge in [0.15, 0.2) is 5.44 Å². The SMILES string of the molecule is O=C1OC(c2cccc(Br)c2)Sc2ccccc21. The molecule has 3 rings (SSSR count). The summed E-state index contributed by atoms with van der Waals surface area (Å²) in [4.78, 5) is 12.9. The van der Waals surface area contributed by atoms with Gasteiger partial charge in [0.2, 0.25) is 0 Å². The molecule has 0 aromatic heterocycles. The first-order valence-electron chi connectivity index (χ1n) is 5.46. The van der Waals surface area contributed by atoms with Gasteiger partial charge in [-0.1, -0.05) is 52.0 Å². The summed E-state index contributed by atoms with van der Waals surface area (Å²) >= 11 is 4.98. The zero-order valence-corrected chi connectivity index (χ0v) is 11.7. The Morgan fingerprint density at radius 2 is 1.94 bits per heavy atom. The van der Waals surface area contributed by atoms with Crippen LogP contribution in [-0.4, -0.2) is 5.97 Å². The van der Waals surface area contributed by atoms with Crippen LogP contribution in [0, 0.1) is 0 Å². The van der Waals surface area contributed by atoms with Crippen molar-refractivity contribution in [3.63, 3.8) is 0 Å². The topological polar surface area (TPSA) is 26.3 Å². The third-order valence-corrected chi connectivity index (χ3v) is 4.36. The van der Waals surface area contributed by atoms with Gasteiger partial charge in [-0.05, 0) is 24.3 Å². The molecule has 0 N–H and O–H groups in total. The van der Waals surface area contributed by atoms with E-state index in [2.05, 4.69) is 15.9 Å². The number of rotatable bonds is 1. The molecule has 2 aromatic rings. The van der Waals surface area contributed by atoms with Crippen LogP contribution in [0.5, 0.6) is 0 Å². The Balaban J connectivity index is 1.97. The minimum Gasteiger partial charge on any atom is -0.442 e. The third kappa shape index (κ3) is 2.18. The number of benzene rings is 2. The van der Waals surface area contributed by atoms with Gasteiger partial charge >= 0.3 is 5.97 Å². The van der Waals surface area contributed by atoms with Crippen molar-refractivity contribution in [2.45, 2.75) is 10.3 Å². The van der Waals surface area contributed by atoms with Gasteiger partial charge in [-0.2, -0.15) is 0 Å². The van der Waals surface area contributed by atoms with Crippen LogP contribution in [0.25, 0.3) is 0 Å². The van der Waals surface area contributed by atoms with Crippen molar-refractivity contribution >= 4 is 33.7 Å². The van der Waals surface area contributed by atoms with Crippen LogP contribution in [0.4, 0.5) is 0 Å². The summed E-state index contributed by atoms with van der Waals surface area (Å²) in [5.41, 5.74) is 1.36. The van der Waals surface area contributed by atoms with Crippen molar-refractivity contribution in [3.8, 4) is 0 Å². The Bertz CT molecular complexity index is 612. The maximum Gasteiger partial charge on any atom is 0.340 e. The summed E-state index contributed by atoms with van der Waals surface area (Å²) in [5.74, 6) is -0.255. The van der Waals surface area contributed by atoms with Gasteiger partial charge in [-0.25, -0.2) is 4.79 Å². The molecular formula is C14H9BrO2S. The first kappa shape index (κ1) is 11.8. The van der Waals surface area contributed by atoms with E-state index in [1.165, 1.54) is 0 Å². The number of carbonyl (C=O) groups is 1.